The summed E-state index contributed by atoms with van der Waals surface area (Å²) in [6.45, 7) is -2.87. The highest BCUT2D eigenvalue weighted by Gasteiger charge is 2.18. The summed E-state index contributed by atoms with van der Waals surface area (Å²) in [5, 5.41) is -0.0732. The van der Waals surface area contributed by atoms with Gasteiger partial charge in [0.2, 0.25) is 0 Å². The van der Waals surface area contributed by atoms with Crippen LogP contribution < -0.4 is 0 Å². The molecule has 0 nitrogen and oxygen atoms in total. The fourth-order valence-electron chi connectivity index (χ4n) is 0.832. The lowest BCUT2D eigenvalue weighted by atomic mass is 9.91. The van der Waals surface area contributed by atoms with E-state index in [0.29, 0.717) is 6.42 Å². The predicted molar refractivity (Wildman–Crippen MR) is 47.2 cm³/mol. The van der Waals surface area contributed by atoms with Gasteiger partial charge >= 0.3 is 6.98 Å². The zero-order chi connectivity index (χ0) is 9.61. The molecule has 0 aromatic heterocycles. The van der Waals surface area contributed by atoms with Gasteiger partial charge in [-0.05, 0) is 17.9 Å². The Labute approximate surface area is 75.8 Å². The number of allylic oxidation sites excluding steroid dienone is 1. The normalized spacial score (nSPS) is 13.6. The van der Waals surface area contributed by atoms with Crippen molar-refractivity contribution in [1.29, 1.82) is 0 Å². The molecule has 0 atom stereocenters. The van der Waals surface area contributed by atoms with Gasteiger partial charge in [0, 0.05) is 0 Å². The molecule has 5 heteroatoms. The van der Waals surface area contributed by atoms with Crippen LogP contribution in [0.3, 0.4) is 0 Å². The Balaban J connectivity index is 3.71. The fraction of sp³-hybridized carbons (Fsp3) is 0.714. The third kappa shape index (κ3) is 7.99. The van der Waals surface area contributed by atoms with Gasteiger partial charge in [-0.1, -0.05) is 31.4 Å². The van der Waals surface area contributed by atoms with Gasteiger partial charge in [0.1, 0.15) is 0 Å². The van der Waals surface area contributed by atoms with Crippen LogP contribution in [0.5, 0.6) is 0 Å². The maximum Gasteiger partial charge on any atom is 0.503 e. The first-order chi connectivity index (χ1) is 5.45. The average molecular weight is 199 g/mol. The number of rotatable bonds is 5. The van der Waals surface area contributed by atoms with E-state index in [2.05, 4.69) is 0 Å². The van der Waals surface area contributed by atoms with Crippen molar-refractivity contribution in [3.8, 4) is 0 Å². The summed E-state index contributed by atoms with van der Waals surface area (Å²) in [6, 6.07) is 0. The molecule has 0 aliphatic carbocycles. The van der Waals surface area contributed by atoms with Crippen molar-refractivity contribution in [2.24, 2.45) is 0 Å². The lowest BCUT2D eigenvalue weighted by Gasteiger charge is -2.08. The first-order valence-corrected chi connectivity index (χ1v) is 4.40. The fourth-order valence-corrected chi connectivity index (χ4v) is 1.11. The second kappa shape index (κ2) is 5.52. The molecule has 0 rings (SSSR count). The molecule has 0 aliphatic rings. The summed E-state index contributed by atoms with van der Waals surface area (Å²) in [6.07, 6.45) is 2.99. The number of hydrogen-bond acceptors (Lipinski definition) is 0. The Bertz CT molecular complexity index is 153. The van der Waals surface area contributed by atoms with Crippen molar-refractivity contribution in [1.82, 2.24) is 0 Å². The van der Waals surface area contributed by atoms with Crippen LogP contribution in [-0.2, 0) is 0 Å². The maximum atomic E-state index is 11.7. The van der Waals surface area contributed by atoms with Gasteiger partial charge in [0.15, 0.2) is 0 Å². The van der Waals surface area contributed by atoms with E-state index in [1.165, 1.54) is 0 Å². The highest BCUT2D eigenvalue weighted by molar-refractivity contribution is 6.65. The van der Waals surface area contributed by atoms with E-state index < -0.39 is 6.98 Å². The van der Waals surface area contributed by atoms with Crippen molar-refractivity contribution in [2.75, 3.05) is 0 Å². The first kappa shape index (κ1) is 11.9. The van der Waals surface area contributed by atoms with Crippen molar-refractivity contribution >= 4 is 18.6 Å². The molecule has 0 N–H and O–H groups in total. The van der Waals surface area contributed by atoms with Gasteiger partial charge in [-0.3, -0.25) is 0 Å². The monoisotopic (exact) mass is 199 g/mol. The third-order valence-corrected chi connectivity index (χ3v) is 1.70. The molecule has 0 amide bonds. The van der Waals surface area contributed by atoms with Crippen LogP contribution in [0.2, 0.25) is 0 Å². The van der Waals surface area contributed by atoms with Crippen LogP contribution in [-0.4, -0.2) is 6.98 Å². The zero-order valence-corrected chi connectivity index (χ0v) is 7.75. The minimum atomic E-state index is -4.86. The minimum Gasteiger partial charge on any atom is -0.445 e. The second-order valence-electron chi connectivity index (χ2n) is 2.70. The van der Waals surface area contributed by atoms with Crippen molar-refractivity contribution < 1.29 is 12.9 Å². The third-order valence-electron chi connectivity index (χ3n) is 1.39. The Morgan fingerprint density at radius 2 is 1.92 bits per heavy atom. The summed E-state index contributed by atoms with van der Waals surface area (Å²) in [4.78, 5) is 0. The second-order valence-corrected chi connectivity index (χ2v) is 3.18. The number of halogens is 4. The maximum absolute atomic E-state index is 11.7. The molecule has 0 unspecified atom stereocenters. The zero-order valence-electron chi connectivity index (χ0n) is 6.99. The largest absolute Gasteiger partial charge is 0.503 e. The molecule has 0 saturated heterocycles. The molecule has 12 heavy (non-hydrogen) atoms. The molecule has 72 valence electrons. The van der Waals surface area contributed by atoms with Crippen LogP contribution in [0.15, 0.2) is 11.0 Å². The van der Waals surface area contributed by atoms with Gasteiger partial charge in [0.25, 0.3) is 0 Å². The standard InChI is InChI=1S/C7H12BClF3/c1-2-3-4-5-7(9)6-8(10,11)12/h6H,2-5H2,1H3/q-1/b7-6-. The van der Waals surface area contributed by atoms with E-state index in [4.69, 9.17) is 11.6 Å². The summed E-state index contributed by atoms with van der Waals surface area (Å²) in [7, 11) is 0. The van der Waals surface area contributed by atoms with Gasteiger partial charge in [-0.15, -0.1) is 5.98 Å². The topological polar surface area (TPSA) is 0 Å². The summed E-state index contributed by atoms with van der Waals surface area (Å²) in [5.41, 5.74) is 0. The Hall–Kier alpha value is -0.115. The summed E-state index contributed by atoms with van der Waals surface area (Å²) >= 11 is 5.36. The molecule has 0 aliphatic heterocycles. The molecule has 0 heterocycles. The minimum absolute atomic E-state index is 0.0732. The van der Waals surface area contributed by atoms with Crippen LogP contribution in [0, 0.1) is 0 Å². The highest BCUT2D eigenvalue weighted by Crippen LogP contribution is 2.19. The number of hydrogen-bond donors (Lipinski definition) is 0. The van der Waals surface area contributed by atoms with Crippen LogP contribution >= 0.6 is 11.6 Å². The molecule has 0 spiro atoms. The van der Waals surface area contributed by atoms with E-state index >= 15 is 0 Å². The van der Waals surface area contributed by atoms with E-state index in [9.17, 15) is 12.9 Å². The number of unbranched alkanes of at least 4 members (excludes halogenated alkanes) is 2. The van der Waals surface area contributed by atoms with Crippen molar-refractivity contribution in [3.63, 3.8) is 0 Å². The van der Waals surface area contributed by atoms with E-state index in [1.807, 2.05) is 6.92 Å². The first-order valence-electron chi connectivity index (χ1n) is 4.03. The molecule has 0 saturated carbocycles. The van der Waals surface area contributed by atoms with Crippen LogP contribution in [0.1, 0.15) is 32.6 Å². The summed E-state index contributed by atoms with van der Waals surface area (Å²) in [5.74, 6) is 0.219. The average Bonchev–Trinajstić information content (AvgIpc) is 1.84. The highest BCUT2D eigenvalue weighted by atomic mass is 35.5. The van der Waals surface area contributed by atoms with Gasteiger partial charge < -0.3 is 12.9 Å². The van der Waals surface area contributed by atoms with Crippen molar-refractivity contribution in [3.05, 3.63) is 11.0 Å². The quantitative estimate of drug-likeness (QED) is 0.462. The van der Waals surface area contributed by atoms with E-state index in [-0.39, 0.29) is 11.0 Å². The molecule has 0 fully saturated rings. The van der Waals surface area contributed by atoms with E-state index in [0.717, 1.165) is 19.3 Å². The van der Waals surface area contributed by atoms with Gasteiger partial charge in [-0.2, -0.15) is 0 Å². The molecule has 0 aromatic carbocycles. The van der Waals surface area contributed by atoms with Gasteiger partial charge in [-0.25, -0.2) is 0 Å². The van der Waals surface area contributed by atoms with Gasteiger partial charge in [0.05, 0.1) is 0 Å². The van der Waals surface area contributed by atoms with Crippen molar-refractivity contribution in [2.45, 2.75) is 32.6 Å². The molecule has 0 radical (unpaired) electrons. The lowest BCUT2D eigenvalue weighted by molar-refractivity contribution is 0.498. The Kier molecular flexibility index (Phi) is 5.46. The SMILES string of the molecule is CCCCC/C(Cl)=C/[B-](F)(F)F. The molecule has 0 aromatic rings. The van der Waals surface area contributed by atoms with E-state index in [1.54, 1.807) is 0 Å². The molecular weight excluding hydrogens is 187 g/mol. The predicted octanol–water partition coefficient (Wildman–Crippen LogP) is 4.08. The van der Waals surface area contributed by atoms with Crippen LogP contribution in [0.4, 0.5) is 12.9 Å². The molecular formula is C7H12BClF3-. The smallest absolute Gasteiger partial charge is 0.445 e. The lowest BCUT2D eigenvalue weighted by Crippen LogP contribution is -2.10. The Morgan fingerprint density at radius 1 is 1.33 bits per heavy atom. The summed E-state index contributed by atoms with van der Waals surface area (Å²) < 4.78 is 35.2. The molecule has 0 bridgehead atoms. The Morgan fingerprint density at radius 3 is 2.33 bits per heavy atom. The van der Waals surface area contributed by atoms with Crippen LogP contribution in [0.25, 0.3) is 0 Å².